The molecule has 0 aliphatic heterocycles. The molecule has 0 fully saturated rings. The van der Waals surface area contributed by atoms with Gasteiger partial charge in [0.1, 0.15) is 0 Å². The molecule has 3 aromatic rings. The Balaban J connectivity index is 2.09. The molecule has 0 atom stereocenters. The first-order valence-electron chi connectivity index (χ1n) is 7.13. The van der Waals surface area contributed by atoms with Crippen LogP contribution in [0.1, 0.15) is 13.8 Å². The van der Waals surface area contributed by atoms with E-state index >= 15 is 0 Å². The number of halogens is 1. The summed E-state index contributed by atoms with van der Waals surface area (Å²) in [4.78, 5) is 6.43. The fourth-order valence-electron chi connectivity index (χ4n) is 2.34. The van der Waals surface area contributed by atoms with Gasteiger partial charge >= 0.3 is 0 Å². The van der Waals surface area contributed by atoms with Crippen LogP contribution in [0, 0.1) is 0 Å². The topological polar surface area (TPSA) is 16.1 Å². The van der Waals surface area contributed by atoms with Crippen LogP contribution in [0.5, 0.6) is 0 Å². The molecule has 112 valence electrons. The first kappa shape index (κ1) is 15.1. The van der Waals surface area contributed by atoms with Gasteiger partial charge in [0.15, 0.2) is 0 Å². The molecule has 2 nitrogen and oxygen atoms in total. The Morgan fingerprint density at radius 3 is 2.73 bits per heavy atom. The van der Waals surface area contributed by atoms with Crippen LogP contribution in [0.15, 0.2) is 59.8 Å². The van der Waals surface area contributed by atoms with Gasteiger partial charge < -0.3 is 4.90 Å². The summed E-state index contributed by atoms with van der Waals surface area (Å²) in [5.41, 5.74) is 3.66. The highest BCUT2D eigenvalue weighted by Gasteiger charge is 2.13. The van der Waals surface area contributed by atoms with E-state index in [1.165, 1.54) is 21.3 Å². The molecule has 0 bridgehead atoms. The first-order chi connectivity index (χ1) is 10.6. The minimum Gasteiger partial charge on any atom is -0.336 e. The first-order valence-corrected chi connectivity index (χ1v) is 8.38. The van der Waals surface area contributed by atoms with Crippen molar-refractivity contribution in [2.24, 2.45) is 0 Å². The van der Waals surface area contributed by atoms with E-state index in [0.29, 0.717) is 0 Å². The summed E-state index contributed by atoms with van der Waals surface area (Å²) >= 11 is 7.83. The van der Waals surface area contributed by atoms with Gasteiger partial charge in [0.2, 0.25) is 0 Å². The lowest BCUT2D eigenvalue weighted by molar-refractivity contribution is 1.08. The Morgan fingerprint density at radius 2 is 2.00 bits per heavy atom. The molecule has 0 saturated carbocycles. The van der Waals surface area contributed by atoms with Crippen molar-refractivity contribution >= 4 is 44.4 Å². The summed E-state index contributed by atoms with van der Waals surface area (Å²) in [5.74, 6) is 0. The standard InChI is InChI=1S/C18H17ClN2S/c1-13(2)7-10-21(15-5-8-20-9-6-15)17-12-22-18-11-14(19)3-4-16(17)18/h3-9,11-12H,10H2,1-2H3. The maximum Gasteiger partial charge on any atom is 0.0602 e. The van der Waals surface area contributed by atoms with Crippen molar-refractivity contribution in [2.45, 2.75) is 13.8 Å². The summed E-state index contributed by atoms with van der Waals surface area (Å²) in [6, 6.07) is 10.2. The monoisotopic (exact) mass is 328 g/mol. The Kier molecular flexibility index (Phi) is 4.46. The van der Waals surface area contributed by atoms with Crippen LogP contribution in [-0.2, 0) is 0 Å². The minimum atomic E-state index is 0.778. The van der Waals surface area contributed by atoms with Crippen molar-refractivity contribution in [2.75, 3.05) is 11.4 Å². The van der Waals surface area contributed by atoms with Crippen LogP contribution in [0.25, 0.3) is 10.1 Å². The summed E-state index contributed by atoms with van der Waals surface area (Å²) in [7, 11) is 0. The largest absolute Gasteiger partial charge is 0.336 e. The number of hydrogen-bond acceptors (Lipinski definition) is 3. The molecule has 4 heteroatoms. The van der Waals surface area contributed by atoms with Crippen LogP contribution in [0.3, 0.4) is 0 Å². The number of benzene rings is 1. The number of thiophene rings is 1. The lowest BCUT2D eigenvalue weighted by Gasteiger charge is -2.23. The molecule has 2 heterocycles. The Hall–Kier alpha value is -1.84. The number of allylic oxidation sites excluding steroid dienone is 1. The van der Waals surface area contributed by atoms with Crippen LogP contribution in [0.4, 0.5) is 11.4 Å². The number of pyridine rings is 1. The Labute approximate surface area is 139 Å². The van der Waals surface area contributed by atoms with E-state index in [0.717, 1.165) is 17.3 Å². The summed E-state index contributed by atoms with van der Waals surface area (Å²) < 4.78 is 1.21. The number of anilines is 2. The highest BCUT2D eigenvalue weighted by atomic mass is 35.5. The molecular formula is C18H17ClN2S. The molecule has 0 saturated heterocycles. The maximum absolute atomic E-state index is 6.10. The van der Waals surface area contributed by atoms with E-state index in [4.69, 9.17) is 11.6 Å². The summed E-state index contributed by atoms with van der Waals surface area (Å²) in [5, 5.41) is 4.20. The summed E-state index contributed by atoms with van der Waals surface area (Å²) in [6.45, 7) is 5.08. The molecule has 2 aromatic heterocycles. The smallest absolute Gasteiger partial charge is 0.0602 e. The van der Waals surface area contributed by atoms with Gasteiger partial charge in [0, 0.05) is 45.1 Å². The molecule has 0 amide bonds. The van der Waals surface area contributed by atoms with E-state index in [-0.39, 0.29) is 0 Å². The van der Waals surface area contributed by atoms with Crippen LogP contribution in [-0.4, -0.2) is 11.5 Å². The van der Waals surface area contributed by atoms with Gasteiger partial charge in [0.25, 0.3) is 0 Å². The molecule has 0 spiro atoms. The zero-order valence-electron chi connectivity index (χ0n) is 12.6. The number of fused-ring (bicyclic) bond motifs is 1. The van der Waals surface area contributed by atoms with Crippen molar-refractivity contribution in [3.05, 3.63) is 64.8 Å². The van der Waals surface area contributed by atoms with E-state index < -0.39 is 0 Å². The van der Waals surface area contributed by atoms with Crippen molar-refractivity contribution in [1.82, 2.24) is 4.98 Å². The zero-order valence-corrected chi connectivity index (χ0v) is 14.2. The third-order valence-electron chi connectivity index (χ3n) is 3.46. The van der Waals surface area contributed by atoms with Gasteiger partial charge in [-0.3, -0.25) is 4.98 Å². The third-order valence-corrected chi connectivity index (χ3v) is 4.63. The van der Waals surface area contributed by atoms with Crippen molar-refractivity contribution in [3.63, 3.8) is 0 Å². The number of nitrogens with zero attached hydrogens (tertiary/aromatic N) is 2. The minimum absolute atomic E-state index is 0.778. The predicted molar refractivity (Wildman–Crippen MR) is 97.5 cm³/mol. The average molecular weight is 329 g/mol. The number of hydrogen-bond donors (Lipinski definition) is 0. The molecule has 0 unspecified atom stereocenters. The molecule has 0 N–H and O–H groups in total. The molecule has 0 radical (unpaired) electrons. The molecular weight excluding hydrogens is 312 g/mol. The van der Waals surface area contributed by atoms with Crippen LogP contribution in [0.2, 0.25) is 5.02 Å². The SMILES string of the molecule is CC(C)=CCN(c1ccncc1)c1csc2cc(Cl)ccc12. The number of rotatable bonds is 4. The van der Waals surface area contributed by atoms with E-state index in [1.54, 1.807) is 11.3 Å². The molecule has 22 heavy (non-hydrogen) atoms. The number of aromatic nitrogens is 1. The van der Waals surface area contributed by atoms with E-state index in [2.05, 4.69) is 41.3 Å². The van der Waals surface area contributed by atoms with Gasteiger partial charge in [-0.25, -0.2) is 0 Å². The van der Waals surface area contributed by atoms with Gasteiger partial charge in [-0.2, -0.15) is 0 Å². The van der Waals surface area contributed by atoms with Crippen molar-refractivity contribution in [1.29, 1.82) is 0 Å². The van der Waals surface area contributed by atoms with Gasteiger partial charge in [-0.05, 0) is 44.2 Å². The van der Waals surface area contributed by atoms with Crippen LogP contribution < -0.4 is 4.90 Å². The Morgan fingerprint density at radius 1 is 1.23 bits per heavy atom. The average Bonchev–Trinajstić information content (AvgIpc) is 2.91. The highest BCUT2D eigenvalue weighted by Crippen LogP contribution is 2.37. The normalized spacial score (nSPS) is 10.7. The van der Waals surface area contributed by atoms with Crippen molar-refractivity contribution in [3.8, 4) is 0 Å². The fraction of sp³-hybridized carbons (Fsp3) is 0.167. The van der Waals surface area contributed by atoms with Gasteiger partial charge in [-0.1, -0.05) is 23.3 Å². The lowest BCUT2D eigenvalue weighted by atomic mass is 10.2. The molecule has 0 aliphatic carbocycles. The van der Waals surface area contributed by atoms with E-state index in [9.17, 15) is 0 Å². The summed E-state index contributed by atoms with van der Waals surface area (Å²) in [6.07, 6.45) is 5.90. The van der Waals surface area contributed by atoms with E-state index in [1.807, 2.05) is 36.7 Å². The van der Waals surface area contributed by atoms with Gasteiger partial charge in [-0.15, -0.1) is 11.3 Å². The fourth-order valence-corrected chi connectivity index (χ4v) is 3.56. The molecule has 3 rings (SSSR count). The third kappa shape index (κ3) is 3.16. The zero-order chi connectivity index (χ0) is 15.5. The molecule has 1 aromatic carbocycles. The quantitative estimate of drug-likeness (QED) is 0.541. The van der Waals surface area contributed by atoms with Gasteiger partial charge in [0.05, 0.1) is 5.69 Å². The lowest BCUT2D eigenvalue weighted by Crippen LogP contribution is -2.16. The van der Waals surface area contributed by atoms with Crippen molar-refractivity contribution < 1.29 is 0 Å². The predicted octanol–water partition coefficient (Wildman–Crippen LogP) is 6.05. The highest BCUT2D eigenvalue weighted by molar-refractivity contribution is 7.17. The molecule has 0 aliphatic rings. The maximum atomic E-state index is 6.10. The van der Waals surface area contributed by atoms with Crippen LogP contribution >= 0.6 is 22.9 Å². The second-order valence-electron chi connectivity index (χ2n) is 5.36. The second-order valence-corrected chi connectivity index (χ2v) is 6.71. The Bertz CT molecular complexity index is 804. The second kappa shape index (κ2) is 6.51.